The summed E-state index contributed by atoms with van der Waals surface area (Å²) in [6.45, 7) is 2.99. The van der Waals surface area contributed by atoms with Crippen molar-refractivity contribution in [3.8, 4) is 0 Å². The fourth-order valence-electron chi connectivity index (χ4n) is 3.89. The normalized spacial score (nSPS) is 16.6. The van der Waals surface area contributed by atoms with E-state index in [9.17, 15) is 9.59 Å². The molecule has 1 saturated heterocycles. The number of carbonyl (C=O) groups excluding carboxylic acids is 2. The van der Waals surface area contributed by atoms with Crippen LogP contribution in [-0.4, -0.2) is 72.2 Å². The molecule has 0 radical (unpaired) electrons. The molecule has 7 nitrogen and oxygen atoms in total. The second-order valence-corrected chi connectivity index (χ2v) is 11.0. The van der Waals surface area contributed by atoms with Gasteiger partial charge in [-0.25, -0.2) is 9.10 Å². The largest absolute Gasteiger partial charge is 0.467 e. The van der Waals surface area contributed by atoms with E-state index < -0.39 is 12.0 Å². The third-order valence-electron chi connectivity index (χ3n) is 5.76. The molecule has 178 valence electrons. The zero-order valence-corrected chi connectivity index (χ0v) is 21.3. The van der Waals surface area contributed by atoms with E-state index in [2.05, 4.69) is 31.2 Å². The molecule has 1 N–H and O–H groups in total. The van der Waals surface area contributed by atoms with Gasteiger partial charge in [0, 0.05) is 37.4 Å². The Kier molecular flexibility index (Phi) is 7.25. The third-order valence-corrected chi connectivity index (χ3v) is 7.96. The molecule has 2 heterocycles. The van der Waals surface area contributed by atoms with Crippen LogP contribution in [0.15, 0.2) is 52.7 Å². The van der Waals surface area contributed by atoms with Crippen LogP contribution in [0.1, 0.15) is 16.7 Å². The second-order valence-electron chi connectivity index (χ2n) is 8.52. The van der Waals surface area contributed by atoms with Gasteiger partial charge >= 0.3 is 5.97 Å². The number of amidine groups is 1. The predicted octanol–water partition coefficient (Wildman–Crippen LogP) is 3.99. The number of methoxy groups -OCH3 is 1. The molecule has 3 aromatic rings. The van der Waals surface area contributed by atoms with E-state index in [0.29, 0.717) is 18.9 Å². The molecule has 1 aliphatic heterocycles. The van der Waals surface area contributed by atoms with Gasteiger partial charge in [0.25, 0.3) is 0 Å². The van der Waals surface area contributed by atoms with E-state index in [-0.39, 0.29) is 12.5 Å². The number of benzene rings is 2. The van der Waals surface area contributed by atoms with Gasteiger partial charge in [-0.1, -0.05) is 36.4 Å². The van der Waals surface area contributed by atoms with Gasteiger partial charge < -0.3 is 14.5 Å². The molecule has 1 aliphatic rings. The summed E-state index contributed by atoms with van der Waals surface area (Å²) in [5.41, 5.74) is 2.91. The molecule has 34 heavy (non-hydrogen) atoms. The van der Waals surface area contributed by atoms with Crippen LogP contribution in [0.5, 0.6) is 0 Å². The second kappa shape index (κ2) is 10.2. The topological polar surface area (TPSA) is 76.9 Å². The number of rotatable bonds is 6. The van der Waals surface area contributed by atoms with Gasteiger partial charge in [-0.2, -0.15) is 0 Å². The summed E-state index contributed by atoms with van der Waals surface area (Å²) < 4.78 is 9.29. The summed E-state index contributed by atoms with van der Waals surface area (Å²) in [4.78, 5) is 29.1. The fraction of sp³-hybridized carbons (Fsp3) is 0.320. The smallest absolute Gasteiger partial charge is 0.329 e. The maximum atomic E-state index is 13.1. The molecule has 1 amide bonds. The molecule has 4 rings (SSSR count). The highest BCUT2D eigenvalue weighted by Gasteiger charge is 2.38. The zero-order valence-electron chi connectivity index (χ0n) is 19.7. The average molecular weight is 497 g/mol. The Bertz CT molecular complexity index is 1220. The summed E-state index contributed by atoms with van der Waals surface area (Å²) in [7, 11) is 5.01. The molecule has 1 aromatic heterocycles. The van der Waals surface area contributed by atoms with Crippen LogP contribution in [0.4, 0.5) is 0 Å². The van der Waals surface area contributed by atoms with E-state index in [1.807, 2.05) is 42.7 Å². The Hall–Kier alpha value is -2.88. The minimum absolute atomic E-state index is 0.115. The highest BCUT2D eigenvalue weighted by atomic mass is 32.2. The fourth-order valence-corrected chi connectivity index (χ4v) is 6.34. The maximum Gasteiger partial charge on any atom is 0.329 e. The van der Waals surface area contributed by atoms with Gasteiger partial charge in [0.1, 0.15) is 11.9 Å². The van der Waals surface area contributed by atoms with Gasteiger partial charge in [-0.05, 0) is 47.5 Å². The molecule has 0 aliphatic carbocycles. The quantitative estimate of drug-likeness (QED) is 0.241. The number of aryl methyl sites for hydroxylation is 1. The number of ether oxygens (including phenoxy) is 1. The lowest BCUT2D eigenvalue weighted by molar-refractivity contribution is -0.156. The number of hydrogen-bond acceptors (Lipinski definition) is 7. The van der Waals surface area contributed by atoms with Gasteiger partial charge in [-0.3, -0.25) is 10.2 Å². The first-order chi connectivity index (χ1) is 16.2. The zero-order chi connectivity index (χ0) is 24.4. The summed E-state index contributed by atoms with van der Waals surface area (Å²) in [6.07, 6.45) is 0. The summed E-state index contributed by atoms with van der Waals surface area (Å²) in [5, 5.41) is 9.29. The Morgan fingerprint density at radius 1 is 1.21 bits per heavy atom. The molecule has 9 heteroatoms. The standard InChI is InChI=1S/C25H28N4O3S2/c1-16-5-8-19-12-23(33-21(19)11-16)34-28-14-20(25(31)32-4)29(22(30)15-28)13-17-6-9-18(10-7-17)24(26)27(2)3/h5-12,20,26H,13-15H2,1-4H3. The molecule has 0 spiro atoms. The number of piperazine rings is 1. The first kappa shape index (κ1) is 24.3. The third kappa shape index (κ3) is 5.27. The Labute approximate surface area is 207 Å². The van der Waals surface area contributed by atoms with Crippen molar-refractivity contribution in [3.63, 3.8) is 0 Å². The number of esters is 1. The lowest BCUT2D eigenvalue weighted by Gasteiger charge is -2.38. The van der Waals surface area contributed by atoms with Crippen molar-refractivity contribution in [2.45, 2.75) is 23.7 Å². The van der Waals surface area contributed by atoms with Crippen molar-refractivity contribution in [2.24, 2.45) is 0 Å². The van der Waals surface area contributed by atoms with Crippen LogP contribution in [0, 0.1) is 12.3 Å². The monoisotopic (exact) mass is 496 g/mol. The highest BCUT2D eigenvalue weighted by molar-refractivity contribution is 7.99. The lowest BCUT2D eigenvalue weighted by atomic mass is 10.1. The van der Waals surface area contributed by atoms with Crippen LogP contribution < -0.4 is 0 Å². The SMILES string of the molecule is COC(=O)C1CN(Sc2cc3ccc(C)cc3s2)CC(=O)N1Cc1ccc(C(=N)N(C)C)cc1. The molecule has 1 fully saturated rings. The summed E-state index contributed by atoms with van der Waals surface area (Å²) in [6, 6.07) is 15.3. The molecule has 0 saturated carbocycles. The van der Waals surface area contributed by atoms with Crippen molar-refractivity contribution in [1.29, 1.82) is 5.41 Å². The van der Waals surface area contributed by atoms with Crippen LogP contribution in [0.2, 0.25) is 0 Å². The van der Waals surface area contributed by atoms with Crippen LogP contribution in [0.3, 0.4) is 0 Å². The molecule has 2 aromatic carbocycles. The first-order valence-corrected chi connectivity index (χ1v) is 12.5. The van der Waals surface area contributed by atoms with Crippen molar-refractivity contribution in [2.75, 3.05) is 34.3 Å². The number of nitrogens with zero attached hydrogens (tertiary/aromatic N) is 3. The van der Waals surface area contributed by atoms with Gasteiger partial charge in [-0.15, -0.1) is 11.3 Å². The Morgan fingerprint density at radius 3 is 2.62 bits per heavy atom. The molecule has 0 bridgehead atoms. The number of carbonyl (C=O) groups is 2. The van der Waals surface area contributed by atoms with Crippen LogP contribution in [0.25, 0.3) is 10.1 Å². The summed E-state index contributed by atoms with van der Waals surface area (Å²) in [5.74, 6) is -0.120. The molecular formula is C25H28N4O3S2. The van der Waals surface area contributed by atoms with Crippen molar-refractivity contribution in [1.82, 2.24) is 14.1 Å². The van der Waals surface area contributed by atoms with E-state index in [1.54, 1.807) is 21.1 Å². The van der Waals surface area contributed by atoms with Gasteiger partial charge in [0.05, 0.1) is 17.9 Å². The van der Waals surface area contributed by atoms with Crippen LogP contribution >= 0.6 is 23.3 Å². The number of nitrogens with one attached hydrogen (secondary N) is 1. The van der Waals surface area contributed by atoms with E-state index in [0.717, 1.165) is 15.3 Å². The molecule has 1 unspecified atom stereocenters. The predicted molar refractivity (Wildman–Crippen MR) is 137 cm³/mol. The Balaban J connectivity index is 1.49. The number of amides is 1. The Morgan fingerprint density at radius 2 is 1.94 bits per heavy atom. The average Bonchev–Trinajstić information content (AvgIpc) is 3.21. The molecule has 1 atom stereocenters. The van der Waals surface area contributed by atoms with Gasteiger partial charge in [0.2, 0.25) is 5.91 Å². The number of thiophene rings is 1. The van der Waals surface area contributed by atoms with E-state index in [1.165, 1.54) is 34.7 Å². The van der Waals surface area contributed by atoms with E-state index in [4.69, 9.17) is 10.1 Å². The maximum absolute atomic E-state index is 13.1. The number of fused-ring (bicyclic) bond motifs is 1. The highest BCUT2D eigenvalue weighted by Crippen LogP contribution is 2.36. The minimum Gasteiger partial charge on any atom is -0.467 e. The number of hydrogen-bond donors (Lipinski definition) is 1. The summed E-state index contributed by atoms with van der Waals surface area (Å²) >= 11 is 3.21. The van der Waals surface area contributed by atoms with Crippen molar-refractivity contribution in [3.05, 3.63) is 65.2 Å². The molecular weight excluding hydrogens is 468 g/mol. The lowest BCUT2D eigenvalue weighted by Crippen LogP contribution is -2.57. The van der Waals surface area contributed by atoms with E-state index >= 15 is 0 Å². The first-order valence-electron chi connectivity index (χ1n) is 10.9. The van der Waals surface area contributed by atoms with Gasteiger partial charge in [0.15, 0.2) is 0 Å². The van der Waals surface area contributed by atoms with Crippen LogP contribution in [-0.2, 0) is 20.9 Å². The minimum atomic E-state index is -0.685. The van der Waals surface area contributed by atoms with Crippen molar-refractivity contribution < 1.29 is 14.3 Å². The van der Waals surface area contributed by atoms with Crippen molar-refractivity contribution >= 4 is 51.1 Å².